The fourth-order valence-electron chi connectivity index (χ4n) is 1.41. The Bertz CT molecular complexity index is 507. The molecular formula is C11H13N3O4. The molecule has 7 heteroatoms. The monoisotopic (exact) mass is 251 g/mol. The summed E-state index contributed by atoms with van der Waals surface area (Å²) in [6, 6.07) is 3.44. The Morgan fingerprint density at radius 2 is 2.44 bits per heavy atom. The third-order valence-electron chi connectivity index (χ3n) is 2.32. The van der Waals surface area contributed by atoms with Crippen LogP contribution >= 0.6 is 0 Å². The van der Waals surface area contributed by atoms with E-state index in [-0.39, 0.29) is 6.61 Å². The first-order valence-corrected chi connectivity index (χ1v) is 5.34. The first-order valence-electron chi connectivity index (χ1n) is 5.34. The van der Waals surface area contributed by atoms with Crippen LogP contribution in [-0.2, 0) is 4.84 Å². The Hall–Kier alpha value is -1.96. The number of pyridine rings is 1. The topological polar surface area (TPSA) is 107 Å². The number of nitrogens with zero attached hydrogens (tertiary/aromatic N) is 1. The molecule has 0 saturated heterocycles. The van der Waals surface area contributed by atoms with Gasteiger partial charge in [0.05, 0.1) is 18.3 Å². The van der Waals surface area contributed by atoms with Gasteiger partial charge in [0.25, 0.3) is 5.91 Å². The van der Waals surface area contributed by atoms with E-state index < -0.39 is 18.6 Å². The van der Waals surface area contributed by atoms with Gasteiger partial charge in [-0.3, -0.25) is 14.6 Å². The van der Waals surface area contributed by atoms with Crippen molar-refractivity contribution < 1.29 is 19.8 Å². The van der Waals surface area contributed by atoms with E-state index in [1.807, 2.05) is 0 Å². The van der Waals surface area contributed by atoms with Crippen LogP contribution < -0.4 is 5.48 Å². The Morgan fingerprint density at radius 3 is 3.17 bits per heavy atom. The highest BCUT2D eigenvalue weighted by atomic mass is 16.7. The van der Waals surface area contributed by atoms with Gasteiger partial charge in [0, 0.05) is 11.6 Å². The normalized spacial score (nSPS) is 12.6. The predicted octanol–water partition coefficient (Wildman–Crippen LogP) is -0.423. The van der Waals surface area contributed by atoms with E-state index in [0.717, 1.165) is 10.9 Å². The molecule has 0 bridgehead atoms. The summed E-state index contributed by atoms with van der Waals surface area (Å²) in [5.74, 6) is -0.462. The van der Waals surface area contributed by atoms with Gasteiger partial charge in [-0.25, -0.2) is 5.48 Å². The fraction of sp³-hybridized carbons (Fsp3) is 0.273. The molecule has 0 fully saturated rings. The molecule has 0 spiro atoms. The summed E-state index contributed by atoms with van der Waals surface area (Å²) in [7, 11) is 0. The largest absolute Gasteiger partial charge is 0.394 e. The molecule has 0 aliphatic carbocycles. The van der Waals surface area contributed by atoms with Crippen LogP contribution in [0, 0.1) is 0 Å². The molecule has 2 heterocycles. The smallest absolute Gasteiger partial charge is 0.291 e. The first-order chi connectivity index (χ1) is 8.70. The van der Waals surface area contributed by atoms with Gasteiger partial charge in [-0.2, -0.15) is 0 Å². The van der Waals surface area contributed by atoms with Crippen LogP contribution in [0.5, 0.6) is 0 Å². The van der Waals surface area contributed by atoms with Gasteiger partial charge in [0.15, 0.2) is 0 Å². The van der Waals surface area contributed by atoms with E-state index in [4.69, 9.17) is 15.1 Å². The van der Waals surface area contributed by atoms with Crippen LogP contribution in [0.15, 0.2) is 24.5 Å². The Morgan fingerprint density at radius 1 is 1.61 bits per heavy atom. The maximum Gasteiger partial charge on any atom is 0.291 e. The minimum atomic E-state index is -1.02. The van der Waals surface area contributed by atoms with E-state index in [1.165, 1.54) is 0 Å². The molecule has 0 aliphatic rings. The second-order valence-electron chi connectivity index (χ2n) is 3.72. The summed E-state index contributed by atoms with van der Waals surface area (Å²) in [5.41, 5.74) is 3.24. The maximum absolute atomic E-state index is 11.7. The number of aromatic amines is 1. The van der Waals surface area contributed by atoms with Crippen molar-refractivity contribution in [3.63, 3.8) is 0 Å². The van der Waals surface area contributed by atoms with Gasteiger partial charge in [0.1, 0.15) is 18.4 Å². The van der Waals surface area contributed by atoms with E-state index in [2.05, 4.69) is 15.4 Å². The fourth-order valence-corrected chi connectivity index (χ4v) is 1.41. The van der Waals surface area contributed by atoms with Crippen molar-refractivity contribution in [2.24, 2.45) is 0 Å². The number of amides is 1. The zero-order valence-electron chi connectivity index (χ0n) is 9.46. The van der Waals surface area contributed by atoms with Gasteiger partial charge in [-0.1, -0.05) is 0 Å². The van der Waals surface area contributed by atoms with Crippen LogP contribution in [0.1, 0.15) is 10.5 Å². The van der Waals surface area contributed by atoms with Gasteiger partial charge in [-0.05, 0) is 12.1 Å². The van der Waals surface area contributed by atoms with Crippen molar-refractivity contribution in [1.29, 1.82) is 0 Å². The van der Waals surface area contributed by atoms with E-state index in [9.17, 15) is 4.79 Å². The lowest BCUT2D eigenvalue weighted by Crippen LogP contribution is -2.30. The molecule has 0 aliphatic heterocycles. The van der Waals surface area contributed by atoms with Crippen molar-refractivity contribution in [1.82, 2.24) is 15.4 Å². The number of hydrogen-bond donors (Lipinski definition) is 4. The van der Waals surface area contributed by atoms with Crippen LogP contribution in [0.4, 0.5) is 0 Å². The molecule has 0 aromatic carbocycles. The number of hydrogen-bond acceptors (Lipinski definition) is 5. The van der Waals surface area contributed by atoms with Gasteiger partial charge in [0.2, 0.25) is 0 Å². The van der Waals surface area contributed by atoms with Crippen molar-refractivity contribution in [2.45, 2.75) is 6.10 Å². The minimum absolute atomic E-state index is 0.177. The van der Waals surface area contributed by atoms with Crippen LogP contribution in [-0.4, -0.2) is 45.4 Å². The van der Waals surface area contributed by atoms with Crippen LogP contribution in [0.3, 0.4) is 0 Å². The summed E-state index contributed by atoms with van der Waals surface area (Å²) in [6.45, 7) is -0.599. The SMILES string of the molecule is O=C(NOC[C@H](O)CO)c1cc2ccncc2[nH]1. The molecule has 2 aromatic heterocycles. The molecule has 0 radical (unpaired) electrons. The number of carbonyl (C=O) groups excluding carboxylic acids is 1. The second-order valence-corrected chi connectivity index (χ2v) is 3.72. The average Bonchev–Trinajstić information content (AvgIpc) is 2.82. The van der Waals surface area contributed by atoms with Crippen molar-refractivity contribution in [3.05, 3.63) is 30.2 Å². The Kier molecular flexibility index (Phi) is 3.88. The number of hydroxylamine groups is 1. The van der Waals surface area contributed by atoms with E-state index in [0.29, 0.717) is 5.69 Å². The molecule has 2 aromatic rings. The number of H-pyrrole nitrogens is 1. The lowest BCUT2D eigenvalue weighted by molar-refractivity contribution is -0.0296. The number of aromatic nitrogens is 2. The maximum atomic E-state index is 11.7. The van der Waals surface area contributed by atoms with Gasteiger partial charge < -0.3 is 15.2 Å². The zero-order chi connectivity index (χ0) is 13.0. The molecule has 18 heavy (non-hydrogen) atoms. The first kappa shape index (κ1) is 12.5. The molecule has 2 rings (SSSR count). The van der Waals surface area contributed by atoms with Crippen LogP contribution in [0.2, 0.25) is 0 Å². The number of fused-ring (bicyclic) bond motifs is 1. The van der Waals surface area contributed by atoms with Crippen molar-refractivity contribution >= 4 is 16.8 Å². The lowest BCUT2D eigenvalue weighted by atomic mass is 10.3. The summed E-state index contributed by atoms with van der Waals surface area (Å²) in [6.07, 6.45) is 2.23. The molecule has 4 N–H and O–H groups in total. The third-order valence-corrected chi connectivity index (χ3v) is 2.32. The average molecular weight is 251 g/mol. The summed E-state index contributed by atoms with van der Waals surface area (Å²) in [5, 5.41) is 18.4. The standard InChI is InChI=1S/C11H13N3O4/c15-5-8(16)6-18-14-11(17)9-3-7-1-2-12-4-10(7)13-9/h1-4,8,13,15-16H,5-6H2,(H,14,17)/t8-/m1/s1. The van der Waals surface area contributed by atoms with Crippen LogP contribution in [0.25, 0.3) is 10.9 Å². The number of aliphatic hydroxyl groups excluding tert-OH is 2. The molecule has 7 nitrogen and oxygen atoms in total. The summed E-state index contributed by atoms with van der Waals surface area (Å²) >= 11 is 0. The number of carbonyl (C=O) groups is 1. The van der Waals surface area contributed by atoms with E-state index >= 15 is 0 Å². The third kappa shape index (κ3) is 2.83. The summed E-state index contributed by atoms with van der Waals surface area (Å²) in [4.78, 5) is 23.2. The highest BCUT2D eigenvalue weighted by Gasteiger charge is 2.10. The van der Waals surface area contributed by atoms with E-state index in [1.54, 1.807) is 24.5 Å². The molecule has 96 valence electrons. The summed E-state index contributed by atoms with van der Waals surface area (Å²) < 4.78 is 0. The molecule has 0 saturated carbocycles. The predicted molar refractivity (Wildman–Crippen MR) is 62.6 cm³/mol. The highest BCUT2D eigenvalue weighted by Crippen LogP contribution is 2.12. The molecular weight excluding hydrogens is 238 g/mol. The number of nitrogens with one attached hydrogen (secondary N) is 2. The molecule has 0 unspecified atom stereocenters. The molecule has 1 atom stereocenters. The quantitative estimate of drug-likeness (QED) is 0.540. The minimum Gasteiger partial charge on any atom is -0.394 e. The van der Waals surface area contributed by atoms with Gasteiger partial charge >= 0.3 is 0 Å². The van der Waals surface area contributed by atoms with Gasteiger partial charge in [-0.15, -0.1) is 0 Å². The second kappa shape index (κ2) is 5.58. The number of rotatable bonds is 5. The number of aliphatic hydroxyl groups is 2. The zero-order valence-corrected chi connectivity index (χ0v) is 9.46. The Balaban J connectivity index is 1.96. The molecule has 1 amide bonds. The van der Waals surface area contributed by atoms with Crippen molar-refractivity contribution in [2.75, 3.05) is 13.2 Å². The Labute approximate surface area is 102 Å². The van der Waals surface area contributed by atoms with Crippen molar-refractivity contribution in [3.8, 4) is 0 Å². The lowest BCUT2D eigenvalue weighted by Gasteiger charge is -2.07. The highest BCUT2D eigenvalue weighted by molar-refractivity contribution is 5.97.